The first kappa shape index (κ1) is 37.8. The van der Waals surface area contributed by atoms with Crippen molar-refractivity contribution in [3.63, 3.8) is 0 Å². The van der Waals surface area contributed by atoms with Crippen LogP contribution in [0.3, 0.4) is 0 Å². The summed E-state index contributed by atoms with van der Waals surface area (Å²) < 4.78 is 35.7. The third-order valence-corrected chi connectivity index (χ3v) is 12.5. The van der Waals surface area contributed by atoms with E-state index in [9.17, 15) is 23.3 Å². The van der Waals surface area contributed by atoms with E-state index in [1.54, 1.807) is 22.9 Å². The van der Waals surface area contributed by atoms with E-state index in [2.05, 4.69) is 4.98 Å². The molecule has 0 radical (unpaired) electrons. The van der Waals surface area contributed by atoms with Crippen molar-refractivity contribution in [3.05, 3.63) is 121 Å². The van der Waals surface area contributed by atoms with E-state index in [0.717, 1.165) is 22.1 Å². The molecule has 1 aliphatic carbocycles. The number of carbonyl (C=O) groups excluding carboxylic acids is 2. The van der Waals surface area contributed by atoms with Gasteiger partial charge in [0, 0.05) is 70.8 Å². The zero-order valence-electron chi connectivity index (χ0n) is 29.5. The van der Waals surface area contributed by atoms with Gasteiger partial charge < -0.3 is 9.72 Å². The van der Waals surface area contributed by atoms with E-state index in [1.807, 2.05) is 45.2 Å². The second-order valence-electron chi connectivity index (χ2n) is 14.4. The van der Waals surface area contributed by atoms with Crippen LogP contribution < -0.4 is 0 Å². The number of aromatic nitrogens is 2. The molecule has 11 nitrogen and oxygen atoms in total. The number of rotatable bonds is 7. The number of nitrogens with zero attached hydrogens (tertiary/aromatic N) is 3. The molecule has 3 aromatic carbocycles. The molecule has 1 saturated heterocycles. The molecule has 7 rings (SSSR count). The molecule has 1 aliphatic heterocycles. The molecule has 0 saturated carbocycles. The van der Waals surface area contributed by atoms with E-state index < -0.39 is 32.2 Å². The summed E-state index contributed by atoms with van der Waals surface area (Å²) in [6.07, 6.45) is 6.85. The third kappa shape index (κ3) is 6.97. The van der Waals surface area contributed by atoms with Crippen molar-refractivity contribution in [1.29, 1.82) is 0 Å². The Morgan fingerprint density at radius 2 is 1.67 bits per heavy atom. The number of nitro benzene ring substituents is 1. The normalized spacial score (nSPS) is 16.2. The van der Waals surface area contributed by atoms with Crippen molar-refractivity contribution in [2.24, 2.45) is 0 Å². The fourth-order valence-corrected chi connectivity index (χ4v) is 10.1. The lowest BCUT2D eigenvalue weighted by Gasteiger charge is -2.31. The number of halogens is 3. The van der Waals surface area contributed by atoms with Crippen LogP contribution >= 0.6 is 34.8 Å². The van der Waals surface area contributed by atoms with Gasteiger partial charge in [0.2, 0.25) is 10.0 Å². The predicted octanol–water partition coefficient (Wildman–Crippen LogP) is 9.43. The summed E-state index contributed by atoms with van der Waals surface area (Å²) in [6.45, 7) is 5.57. The number of sulfonamides is 1. The Kier molecular flexibility index (Phi) is 10.0. The first-order valence-electron chi connectivity index (χ1n) is 17.3. The van der Waals surface area contributed by atoms with Gasteiger partial charge in [-0.05, 0) is 87.4 Å². The number of allylic oxidation sites excluding steroid dienone is 1. The Hall–Kier alpha value is -4.46. The van der Waals surface area contributed by atoms with Crippen LogP contribution in [0.25, 0.3) is 27.6 Å². The highest BCUT2D eigenvalue weighted by Crippen LogP contribution is 2.44. The number of nitro groups is 1. The maximum Gasteiger partial charge on any atom is 0.331 e. The molecule has 0 bridgehead atoms. The lowest BCUT2D eigenvalue weighted by Crippen LogP contribution is -2.38. The second kappa shape index (κ2) is 14.3. The van der Waals surface area contributed by atoms with E-state index in [1.165, 1.54) is 34.6 Å². The number of carbonyl (C=O) groups is 2. The van der Waals surface area contributed by atoms with Gasteiger partial charge in [0.05, 0.1) is 26.0 Å². The molecule has 5 aromatic rings. The van der Waals surface area contributed by atoms with Gasteiger partial charge in [-0.25, -0.2) is 13.2 Å². The number of piperidine rings is 1. The Labute approximate surface area is 326 Å². The maximum atomic E-state index is 15.0. The quantitative estimate of drug-likeness (QED) is 0.0747. The van der Waals surface area contributed by atoms with Gasteiger partial charge in [-0.2, -0.15) is 4.31 Å². The number of aryl methyl sites for hydroxylation is 1. The Morgan fingerprint density at radius 1 is 0.981 bits per heavy atom. The molecule has 2 aliphatic rings. The topological polar surface area (TPSA) is 145 Å². The molecule has 1 N–H and O–H groups in total. The first-order valence-corrected chi connectivity index (χ1v) is 19.8. The maximum absolute atomic E-state index is 15.0. The Morgan fingerprint density at radius 3 is 2.33 bits per heavy atom. The standard InChI is InChI=1S/C39H35Cl3N4O7S/c1-39(2,3)53-33(47)17-23-11-12-24-21-45(31-9-6-7-26(23)34(24)31)38(48)36-27(35-28(41)18-25(40)19-29(35)42)20-43-37(36)22-13-15-44(16-14-22)54(51,52)32-10-5-4-8-30(32)46(49)50/h4-10,17-22,43H,11-16H2,1-3H3/b23-17+. The summed E-state index contributed by atoms with van der Waals surface area (Å²) >= 11 is 19.7. The van der Waals surface area contributed by atoms with E-state index >= 15 is 4.79 Å². The Balaban J connectivity index is 1.29. The number of ether oxygens (including phenoxy) is 1. The molecule has 54 heavy (non-hydrogen) atoms. The number of esters is 1. The van der Waals surface area contributed by atoms with E-state index in [-0.39, 0.29) is 39.9 Å². The molecule has 0 unspecified atom stereocenters. The van der Waals surface area contributed by atoms with Crippen molar-refractivity contribution in [1.82, 2.24) is 13.9 Å². The van der Waals surface area contributed by atoms with Gasteiger partial charge in [-0.1, -0.05) is 59.1 Å². The highest BCUT2D eigenvalue weighted by Gasteiger charge is 2.37. The third-order valence-electron chi connectivity index (χ3n) is 9.78. The van der Waals surface area contributed by atoms with Crippen LogP contribution in [0.4, 0.5) is 5.69 Å². The summed E-state index contributed by atoms with van der Waals surface area (Å²) in [4.78, 5) is 41.7. The van der Waals surface area contributed by atoms with E-state index in [4.69, 9.17) is 39.5 Å². The van der Waals surface area contributed by atoms with Gasteiger partial charge in [0.1, 0.15) is 5.60 Å². The summed E-state index contributed by atoms with van der Waals surface area (Å²) in [5.41, 5.74) is 3.89. The highest BCUT2D eigenvalue weighted by atomic mass is 35.5. The number of H-pyrrole nitrogens is 1. The molecular formula is C39H35Cl3N4O7S. The van der Waals surface area contributed by atoms with Crippen molar-refractivity contribution in [2.45, 2.75) is 62.9 Å². The molecular weight excluding hydrogens is 775 g/mol. The minimum absolute atomic E-state index is 0.0657. The number of hydrogen-bond donors (Lipinski definition) is 1. The minimum Gasteiger partial charge on any atom is -0.457 e. The van der Waals surface area contributed by atoms with Crippen LogP contribution in [-0.2, 0) is 26.0 Å². The molecule has 3 heterocycles. The number of benzene rings is 3. The fourth-order valence-electron chi connectivity index (χ4n) is 7.48. The smallest absolute Gasteiger partial charge is 0.331 e. The summed E-state index contributed by atoms with van der Waals surface area (Å²) in [5.74, 6) is -1.09. The number of aromatic amines is 1. The SMILES string of the molecule is CC(C)(C)OC(=O)/C=C1\CCc2cn(C(=O)c3c(-c4c(Cl)cc(Cl)cc4Cl)c[nH]c3C3CCN(S(=O)(=O)c4ccccc4[N+](=O)[O-])CC3)c3cccc1c23. The zero-order chi connectivity index (χ0) is 38.7. The molecule has 0 atom stereocenters. The lowest BCUT2D eigenvalue weighted by molar-refractivity contribution is -0.387. The summed E-state index contributed by atoms with van der Waals surface area (Å²) in [7, 11) is -4.18. The van der Waals surface area contributed by atoms with Crippen LogP contribution in [0.15, 0.2) is 78.0 Å². The molecule has 0 spiro atoms. The number of hydrogen-bond acceptors (Lipinski definition) is 7. The van der Waals surface area contributed by atoms with Gasteiger partial charge in [-0.3, -0.25) is 19.5 Å². The number of nitrogens with one attached hydrogen (secondary N) is 1. The molecule has 2 aromatic heterocycles. The number of para-hydroxylation sites is 1. The average Bonchev–Trinajstić information content (AvgIpc) is 3.71. The minimum atomic E-state index is -4.18. The summed E-state index contributed by atoms with van der Waals surface area (Å²) in [6, 6.07) is 14.0. The van der Waals surface area contributed by atoms with Crippen molar-refractivity contribution >= 4 is 78.9 Å². The average molecular weight is 810 g/mol. The second-order valence-corrected chi connectivity index (χ2v) is 17.5. The predicted molar refractivity (Wildman–Crippen MR) is 209 cm³/mol. The van der Waals surface area contributed by atoms with Gasteiger partial charge in [0.25, 0.3) is 11.6 Å². The summed E-state index contributed by atoms with van der Waals surface area (Å²) in [5, 5.41) is 13.3. The lowest BCUT2D eigenvalue weighted by atomic mass is 9.88. The van der Waals surface area contributed by atoms with Crippen LogP contribution in [-0.4, -0.2) is 57.8 Å². The zero-order valence-corrected chi connectivity index (χ0v) is 32.6. The van der Waals surface area contributed by atoms with Gasteiger partial charge in [0.15, 0.2) is 4.90 Å². The van der Waals surface area contributed by atoms with Crippen molar-refractivity contribution in [2.75, 3.05) is 13.1 Å². The van der Waals surface area contributed by atoms with Crippen molar-refractivity contribution < 1.29 is 27.7 Å². The molecule has 280 valence electrons. The Bertz CT molecular complexity index is 2490. The molecule has 15 heteroatoms. The highest BCUT2D eigenvalue weighted by molar-refractivity contribution is 7.89. The van der Waals surface area contributed by atoms with Crippen molar-refractivity contribution in [3.8, 4) is 11.1 Å². The molecule has 1 fully saturated rings. The largest absolute Gasteiger partial charge is 0.457 e. The van der Waals surface area contributed by atoms with E-state index in [0.29, 0.717) is 58.6 Å². The van der Waals surface area contributed by atoms with Crippen LogP contribution in [0.2, 0.25) is 15.1 Å². The van der Waals surface area contributed by atoms with Gasteiger partial charge in [-0.15, -0.1) is 0 Å². The fraction of sp³-hybridized carbons (Fsp3) is 0.282. The molecule has 0 amide bonds. The van der Waals surface area contributed by atoms with Crippen LogP contribution in [0.1, 0.15) is 73.1 Å². The van der Waals surface area contributed by atoms with Gasteiger partial charge >= 0.3 is 5.97 Å². The van der Waals surface area contributed by atoms with Crippen LogP contribution in [0.5, 0.6) is 0 Å². The van der Waals surface area contributed by atoms with Crippen LogP contribution in [0, 0.1) is 10.1 Å². The monoisotopic (exact) mass is 808 g/mol. The first-order chi connectivity index (χ1) is 25.5.